The van der Waals surface area contributed by atoms with E-state index in [0.717, 1.165) is 11.3 Å². The molecule has 3 aromatic rings. The highest BCUT2D eigenvalue weighted by molar-refractivity contribution is 5.87. The number of aromatic nitrogens is 1. The fourth-order valence-electron chi connectivity index (χ4n) is 2.96. The van der Waals surface area contributed by atoms with Crippen molar-refractivity contribution in [1.29, 1.82) is 0 Å². The molecule has 0 saturated carbocycles. The van der Waals surface area contributed by atoms with Gasteiger partial charge in [0, 0.05) is 24.0 Å². The molecule has 4 N–H and O–H groups in total. The molecule has 6 heteroatoms. The molecule has 0 saturated heterocycles. The third-order valence-electron chi connectivity index (χ3n) is 4.50. The van der Waals surface area contributed by atoms with E-state index >= 15 is 0 Å². The number of aliphatic hydroxyl groups excluding tert-OH is 1. The largest absolute Gasteiger partial charge is 0.506 e. The van der Waals surface area contributed by atoms with Gasteiger partial charge >= 0.3 is 0 Å². The normalized spacial score (nSPS) is 13.5. The molecule has 0 bridgehead atoms. The van der Waals surface area contributed by atoms with Crippen molar-refractivity contribution < 1.29 is 14.9 Å². The van der Waals surface area contributed by atoms with Gasteiger partial charge < -0.3 is 25.3 Å². The average molecular weight is 354 g/mol. The number of phenolic OH excluding ortho intramolecular Hbond substituents is 1. The fourth-order valence-corrected chi connectivity index (χ4v) is 2.96. The Morgan fingerprint density at radius 2 is 1.85 bits per heavy atom. The van der Waals surface area contributed by atoms with Gasteiger partial charge in [-0.15, -0.1) is 0 Å². The number of rotatable bonds is 6. The van der Waals surface area contributed by atoms with Gasteiger partial charge in [-0.1, -0.05) is 18.2 Å². The molecule has 0 amide bonds. The summed E-state index contributed by atoms with van der Waals surface area (Å²) in [5.74, 6) is 0.777. The number of fused-ring (bicyclic) bond motifs is 1. The van der Waals surface area contributed by atoms with Crippen molar-refractivity contribution in [3.8, 4) is 11.5 Å². The Bertz CT molecular complexity index is 950. The van der Waals surface area contributed by atoms with Gasteiger partial charge in [0.1, 0.15) is 11.5 Å². The molecule has 0 fully saturated rings. The van der Waals surface area contributed by atoms with Crippen molar-refractivity contribution in [3.05, 3.63) is 70.0 Å². The highest BCUT2D eigenvalue weighted by atomic mass is 16.5. The van der Waals surface area contributed by atoms with Gasteiger partial charge in [-0.05, 0) is 42.3 Å². The van der Waals surface area contributed by atoms with Crippen LogP contribution in [-0.2, 0) is 0 Å². The summed E-state index contributed by atoms with van der Waals surface area (Å²) in [4.78, 5) is 14.1. The van der Waals surface area contributed by atoms with Gasteiger partial charge in [0.25, 0.3) is 0 Å². The van der Waals surface area contributed by atoms with Crippen LogP contribution >= 0.6 is 0 Å². The molecule has 0 spiro atoms. The van der Waals surface area contributed by atoms with Crippen LogP contribution in [0.3, 0.4) is 0 Å². The second-order valence-corrected chi connectivity index (χ2v) is 6.20. The summed E-state index contributed by atoms with van der Waals surface area (Å²) in [6.45, 7) is 2.34. The van der Waals surface area contributed by atoms with E-state index in [1.807, 2.05) is 31.2 Å². The van der Waals surface area contributed by atoms with E-state index < -0.39 is 6.10 Å². The number of pyridine rings is 1. The third-order valence-corrected chi connectivity index (χ3v) is 4.50. The maximum Gasteiger partial charge on any atom is 0.248 e. The van der Waals surface area contributed by atoms with Crippen LogP contribution in [0.25, 0.3) is 10.9 Å². The zero-order valence-corrected chi connectivity index (χ0v) is 14.7. The molecule has 136 valence electrons. The number of H-pyrrole nitrogens is 1. The maximum absolute atomic E-state index is 11.5. The average Bonchev–Trinajstić information content (AvgIpc) is 2.66. The second kappa shape index (κ2) is 7.59. The molecular weight excluding hydrogens is 332 g/mol. The summed E-state index contributed by atoms with van der Waals surface area (Å²) in [7, 11) is 1.63. The summed E-state index contributed by atoms with van der Waals surface area (Å²) < 4.78 is 5.16. The summed E-state index contributed by atoms with van der Waals surface area (Å²) >= 11 is 0. The number of aliphatic hydroxyl groups is 1. The predicted octanol–water partition coefficient (Wildman–Crippen LogP) is 2.63. The summed E-state index contributed by atoms with van der Waals surface area (Å²) in [5.41, 5.74) is 1.75. The Labute approximate surface area is 151 Å². The van der Waals surface area contributed by atoms with E-state index in [1.165, 1.54) is 12.1 Å². The Hall–Kier alpha value is -2.83. The summed E-state index contributed by atoms with van der Waals surface area (Å²) in [5, 5.41) is 24.5. The molecule has 0 aliphatic rings. The SMILES string of the molecule is COc1ccc(C(C)NCC(O)c2ccc(O)c3[nH]c(=O)ccc23)cc1. The third kappa shape index (κ3) is 3.71. The number of phenols is 1. The number of aromatic hydroxyl groups is 1. The van der Waals surface area contributed by atoms with E-state index in [-0.39, 0.29) is 17.4 Å². The number of hydrogen-bond acceptors (Lipinski definition) is 5. The van der Waals surface area contributed by atoms with Crippen LogP contribution in [0.2, 0.25) is 0 Å². The number of aromatic amines is 1. The van der Waals surface area contributed by atoms with Gasteiger partial charge in [-0.3, -0.25) is 4.79 Å². The van der Waals surface area contributed by atoms with Crippen molar-refractivity contribution in [2.75, 3.05) is 13.7 Å². The predicted molar refractivity (Wildman–Crippen MR) is 101 cm³/mol. The number of ether oxygens (including phenoxy) is 1. The van der Waals surface area contributed by atoms with Crippen LogP contribution in [0, 0.1) is 0 Å². The van der Waals surface area contributed by atoms with Crippen LogP contribution in [0.5, 0.6) is 11.5 Å². The molecule has 2 unspecified atom stereocenters. The zero-order valence-electron chi connectivity index (χ0n) is 14.7. The highest BCUT2D eigenvalue weighted by Crippen LogP contribution is 2.29. The quantitative estimate of drug-likeness (QED) is 0.546. The van der Waals surface area contributed by atoms with Gasteiger partial charge in [0.15, 0.2) is 0 Å². The minimum absolute atomic E-state index is 0.0202. The lowest BCUT2D eigenvalue weighted by atomic mass is 10.0. The first kappa shape index (κ1) is 18.0. The minimum atomic E-state index is -0.787. The first-order chi connectivity index (χ1) is 12.5. The number of hydrogen-bond donors (Lipinski definition) is 4. The number of methoxy groups -OCH3 is 1. The van der Waals surface area contributed by atoms with Crippen LogP contribution < -0.4 is 15.6 Å². The van der Waals surface area contributed by atoms with Crippen molar-refractivity contribution in [3.63, 3.8) is 0 Å². The summed E-state index contributed by atoms with van der Waals surface area (Å²) in [6.07, 6.45) is -0.787. The van der Waals surface area contributed by atoms with E-state index in [1.54, 1.807) is 19.2 Å². The Kier molecular flexibility index (Phi) is 5.25. The van der Waals surface area contributed by atoms with Crippen molar-refractivity contribution in [2.24, 2.45) is 0 Å². The van der Waals surface area contributed by atoms with Crippen molar-refractivity contribution in [2.45, 2.75) is 19.1 Å². The van der Waals surface area contributed by atoms with Crippen LogP contribution in [-0.4, -0.2) is 28.9 Å². The second-order valence-electron chi connectivity index (χ2n) is 6.20. The van der Waals surface area contributed by atoms with Gasteiger partial charge in [0.05, 0.1) is 18.7 Å². The topological polar surface area (TPSA) is 94.6 Å². The fraction of sp³-hybridized carbons (Fsp3) is 0.250. The van der Waals surface area contributed by atoms with Gasteiger partial charge in [0.2, 0.25) is 5.56 Å². The molecule has 0 aliphatic carbocycles. The molecule has 2 atom stereocenters. The molecule has 1 heterocycles. The molecule has 1 aromatic heterocycles. The van der Waals surface area contributed by atoms with E-state index in [0.29, 0.717) is 23.0 Å². The summed E-state index contributed by atoms with van der Waals surface area (Å²) in [6, 6.07) is 13.9. The minimum Gasteiger partial charge on any atom is -0.506 e. The van der Waals surface area contributed by atoms with E-state index in [2.05, 4.69) is 10.3 Å². The monoisotopic (exact) mass is 354 g/mol. The Morgan fingerprint density at radius 3 is 2.54 bits per heavy atom. The molecule has 0 aliphatic heterocycles. The van der Waals surface area contributed by atoms with Gasteiger partial charge in [-0.25, -0.2) is 0 Å². The number of benzene rings is 2. The number of nitrogens with one attached hydrogen (secondary N) is 2. The lowest BCUT2D eigenvalue weighted by Gasteiger charge is -2.19. The molecule has 26 heavy (non-hydrogen) atoms. The lowest BCUT2D eigenvalue weighted by molar-refractivity contribution is 0.172. The van der Waals surface area contributed by atoms with E-state index in [4.69, 9.17) is 4.74 Å². The Morgan fingerprint density at radius 1 is 1.12 bits per heavy atom. The van der Waals surface area contributed by atoms with Crippen LogP contribution in [0.1, 0.15) is 30.2 Å². The standard InChI is InChI=1S/C20H22N2O4/c1-12(13-3-5-14(26-2)6-4-13)21-11-18(24)15-7-9-17(23)20-16(15)8-10-19(25)22-20/h3-10,12,18,21,23-24H,11H2,1-2H3,(H,22,25). The van der Waals surface area contributed by atoms with Crippen LogP contribution in [0.4, 0.5) is 0 Å². The molecule has 0 radical (unpaired) electrons. The molecular formula is C20H22N2O4. The highest BCUT2D eigenvalue weighted by Gasteiger charge is 2.15. The molecule has 3 rings (SSSR count). The van der Waals surface area contributed by atoms with Gasteiger partial charge in [-0.2, -0.15) is 0 Å². The van der Waals surface area contributed by atoms with Crippen molar-refractivity contribution >= 4 is 10.9 Å². The first-order valence-electron chi connectivity index (χ1n) is 8.40. The lowest BCUT2D eigenvalue weighted by Crippen LogP contribution is -2.25. The smallest absolute Gasteiger partial charge is 0.248 e. The van der Waals surface area contributed by atoms with Crippen LogP contribution in [0.15, 0.2) is 53.3 Å². The maximum atomic E-state index is 11.5. The van der Waals surface area contributed by atoms with E-state index in [9.17, 15) is 15.0 Å². The molecule has 6 nitrogen and oxygen atoms in total. The van der Waals surface area contributed by atoms with Crippen molar-refractivity contribution in [1.82, 2.24) is 10.3 Å². The zero-order chi connectivity index (χ0) is 18.7. The molecule has 2 aromatic carbocycles. The Balaban J connectivity index is 1.75. The first-order valence-corrected chi connectivity index (χ1v) is 8.40.